The first-order valence-corrected chi connectivity index (χ1v) is 43.6. The number of para-hydroxylation sites is 8. The summed E-state index contributed by atoms with van der Waals surface area (Å²) in [6.07, 6.45) is 16.9. The van der Waals surface area contributed by atoms with Crippen LogP contribution in [-0.4, -0.2) is 84.6 Å². The maximum Gasteiger partial charge on any atom is 0.257 e. The molecule has 6 aromatic heterocycles. The highest BCUT2D eigenvalue weighted by molar-refractivity contribution is 6.05. The van der Waals surface area contributed by atoms with Crippen molar-refractivity contribution in [3.8, 4) is 23.0 Å². The third kappa shape index (κ3) is 17.1. The fourth-order valence-electron chi connectivity index (χ4n) is 17.6. The molecule has 28 bridgehead atoms. The summed E-state index contributed by atoms with van der Waals surface area (Å²) in [6, 6.07) is 86.3. The van der Waals surface area contributed by atoms with Gasteiger partial charge in [0.15, 0.2) is 0 Å². The molecule has 0 radical (unpaired) electrons. The Morgan fingerprint density at radius 2 is 0.419 bits per heavy atom. The summed E-state index contributed by atoms with van der Waals surface area (Å²) in [7, 11) is 0. The molecule has 124 heavy (non-hydrogen) atoms. The topological polar surface area (TPSA) is 240 Å². The first-order valence-electron chi connectivity index (χ1n) is 43.6. The first kappa shape index (κ1) is 79.4. The van der Waals surface area contributed by atoms with Crippen molar-refractivity contribution in [1.29, 1.82) is 0 Å². The molecule has 0 spiro atoms. The molecule has 0 unspecified atom stereocenters. The van der Waals surface area contributed by atoms with Crippen molar-refractivity contribution in [2.24, 2.45) is 0 Å². The van der Waals surface area contributed by atoms with Crippen molar-refractivity contribution < 1.29 is 18.9 Å². The van der Waals surface area contributed by atoms with Crippen molar-refractivity contribution >= 4 is 132 Å². The Hall–Kier alpha value is -14.4. The average Bonchev–Trinajstić information content (AvgIpc) is 1.61. The molecule has 20 nitrogen and oxygen atoms in total. The predicted octanol–water partition coefficient (Wildman–Crippen LogP) is 22.1. The van der Waals surface area contributed by atoms with Crippen LogP contribution in [0.2, 0.25) is 0 Å². The summed E-state index contributed by atoms with van der Waals surface area (Å²) < 4.78 is 34.3. The molecule has 12 aromatic carbocycles. The maximum atomic E-state index is 15.1. The smallest absolute Gasteiger partial charge is 0.257 e. The van der Waals surface area contributed by atoms with Crippen molar-refractivity contribution in [2.45, 2.75) is 129 Å². The van der Waals surface area contributed by atoms with Gasteiger partial charge in [0, 0.05) is 47.7 Å². The first-order chi connectivity index (χ1) is 61.1. The number of aromatic nitrogens is 12. The second kappa shape index (κ2) is 36.5. The third-order valence-corrected chi connectivity index (χ3v) is 23.9. The van der Waals surface area contributed by atoms with Crippen LogP contribution in [0.3, 0.4) is 0 Å². The number of rotatable bonds is 0. The Balaban J connectivity index is 0.603. The van der Waals surface area contributed by atoms with Gasteiger partial charge in [-0.05, 0) is 194 Å². The lowest BCUT2D eigenvalue weighted by Crippen LogP contribution is -2.05. The summed E-state index contributed by atoms with van der Waals surface area (Å²) in [6.45, 7) is 3.90. The monoisotopic (exact) mass is 1640 g/mol. The van der Waals surface area contributed by atoms with Gasteiger partial charge in [0.25, 0.3) is 22.2 Å². The van der Waals surface area contributed by atoms with Crippen LogP contribution in [0.25, 0.3) is 132 Å². The van der Waals surface area contributed by atoms with E-state index in [0.29, 0.717) is 162 Å². The van der Waals surface area contributed by atoms with Gasteiger partial charge >= 0.3 is 0 Å². The van der Waals surface area contributed by atoms with Gasteiger partial charge in [-0.25, -0.2) is 19.9 Å². The summed E-state index contributed by atoms with van der Waals surface area (Å²) >= 11 is 0. The molecule has 20 heteroatoms. The average molecular weight is 1640 g/mol. The van der Waals surface area contributed by atoms with Gasteiger partial charge in [0.2, 0.25) is 0 Å². The van der Waals surface area contributed by atoms with Gasteiger partial charge in [-0.1, -0.05) is 198 Å². The van der Waals surface area contributed by atoms with E-state index >= 15 is 19.2 Å². The zero-order valence-corrected chi connectivity index (χ0v) is 69.2. The number of aromatic amines is 4. The Morgan fingerprint density at radius 3 is 0.653 bits per heavy atom. The minimum absolute atomic E-state index is 0.324. The quantitative estimate of drug-likeness (QED) is 0.111. The van der Waals surface area contributed by atoms with Crippen LogP contribution in [0, 0.1) is 0 Å². The number of imidazole rings is 4. The fourth-order valence-corrected chi connectivity index (χ4v) is 17.6. The molecule has 0 atom stereocenters. The number of hydrogen-bond donors (Lipinski definition) is 4. The summed E-state index contributed by atoms with van der Waals surface area (Å²) in [5, 5.41) is 4.32. The second-order valence-electron chi connectivity index (χ2n) is 32.4. The molecule has 0 saturated heterocycles. The molecule has 0 amide bonds. The third-order valence-electron chi connectivity index (χ3n) is 23.9. The van der Waals surface area contributed by atoms with E-state index in [1.807, 2.05) is 218 Å². The molecule has 10 heterocycles. The molecule has 18 aromatic rings. The van der Waals surface area contributed by atoms with E-state index < -0.39 is 0 Å². The number of nitrogens with one attached hydrogen (secondary N) is 4. The highest BCUT2D eigenvalue weighted by Gasteiger charge is 2.21. The Bertz CT molecular complexity index is 6680. The van der Waals surface area contributed by atoms with Gasteiger partial charge < -0.3 is 57.2 Å². The van der Waals surface area contributed by atoms with Gasteiger partial charge in [-0.3, -0.25) is 19.2 Å². The van der Waals surface area contributed by atoms with Gasteiger partial charge in [0.1, 0.15) is 67.7 Å². The lowest BCUT2D eigenvalue weighted by Gasteiger charge is -2.11. The highest BCUT2D eigenvalue weighted by atomic mass is 16.5. The maximum absolute atomic E-state index is 15.1. The van der Waals surface area contributed by atoms with Gasteiger partial charge in [0.05, 0.1) is 92.1 Å². The van der Waals surface area contributed by atoms with Crippen LogP contribution in [-0.2, 0) is 26.2 Å². The Morgan fingerprint density at radius 1 is 0.218 bits per heavy atom. The highest BCUT2D eigenvalue weighted by Crippen LogP contribution is 2.34. The summed E-state index contributed by atoms with van der Waals surface area (Å²) in [4.78, 5) is 94.9. The predicted molar refractivity (Wildman–Crippen MR) is 499 cm³/mol. The summed E-state index contributed by atoms with van der Waals surface area (Å²) in [5.41, 5.74) is 12.3. The van der Waals surface area contributed by atoms with Crippen LogP contribution in [0.4, 0.5) is 0 Å². The second-order valence-corrected chi connectivity index (χ2v) is 32.4. The molecule has 0 saturated carbocycles. The van der Waals surface area contributed by atoms with Crippen molar-refractivity contribution in [1.82, 2.24) is 58.1 Å². The summed E-state index contributed by atoms with van der Waals surface area (Å²) in [5.74, 6) is 3.08. The molecule has 4 aliphatic heterocycles. The van der Waals surface area contributed by atoms with E-state index in [1.54, 1.807) is 0 Å². The van der Waals surface area contributed by atoms with E-state index in [9.17, 15) is 0 Å². The molecule has 0 aliphatic carbocycles. The van der Waals surface area contributed by atoms with Crippen LogP contribution in [0.1, 0.15) is 125 Å². The van der Waals surface area contributed by atoms with E-state index in [1.165, 1.54) is 0 Å². The van der Waals surface area contributed by atoms with Crippen molar-refractivity contribution in [3.05, 3.63) is 331 Å². The number of hydrogen-bond acceptors (Lipinski definition) is 12. The molecule has 4 aliphatic rings. The SMILES string of the molecule is O=c1[nH]c2ccccc2c2nc3c4cccc3n2Cc2cccc(c2)OCCCCCCCCCCOc2cccc(c2)Cn2c3cccc5c(=O)[nH]c6ccccc6c6nc7c(cccc7n6Cc6cccc(c6)OCCCCCCCCCCOc6cccc(c6)Cn6c7cccc1c7nc6c1ccccc1[nH]c4=O)c(=O)[nH]c1ccccc1c2nc53. The van der Waals surface area contributed by atoms with Crippen LogP contribution >= 0.6 is 0 Å². The molecule has 620 valence electrons. The zero-order chi connectivity index (χ0) is 83.7. The van der Waals surface area contributed by atoms with Gasteiger partial charge in [-0.2, -0.15) is 0 Å². The largest absolute Gasteiger partial charge is 0.494 e. The Kier molecular flexibility index (Phi) is 23.4. The van der Waals surface area contributed by atoms with E-state index in [2.05, 4.69) is 86.7 Å². The molecule has 0 fully saturated rings. The van der Waals surface area contributed by atoms with Gasteiger partial charge in [-0.15, -0.1) is 0 Å². The number of H-pyrrole nitrogens is 4. The number of benzene rings is 12. The molecular formula is C104H96N12O8. The number of ether oxygens (including phenoxy) is 4. The lowest BCUT2D eigenvalue weighted by molar-refractivity contribution is 0.301. The normalized spacial score (nSPS) is 14.4. The minimum Gasteiger partial charge on any atom is -0.494 e. The molecular weight excluding hydrogens is 1550 g/mol. The number of nitrogens with zero attached hydrogens (tertiary/aromatic N) is 8. The van der Waals surface area contributed by atoms with Crippen LogP contribution in [0.5, 0.6) is 23.0 Å². The van der Waals surface area contributed by atoms with Crippen LogP contribution < -0.4 is 41.2 Å². The molecule has 4 N–H and O–H groups in total. The van der Waals surface area contributed by atoms with E-state index in [4.69, 9.17) is 38.9 Å². The zero-order valence-electron chi connectivity index (χ0n) is 69.2. The standard InChI is InChI=1S/C104H96N12O8/c117-101-81-45-29-53-89-93(81)109-97-77-41-13-17-49-85(77)105-103(119)83-47-31-55-91-95(83)111-99(79-43-15-19-51-87(79)107-101)115(91)67-71-35-27-39-75(63-71)123-59-23-11-7-3-4-8-12-24-60-124-76-40-28-36-72(64-76)68-116-92-56-32-48-84-96(92)112-100(116)80-44-16-20-52-88(80)108-102(118)82-46-30-54-90-94(82)110-98(78-42-14-18-50-86(78)106-104(84)120)114(90)66-70-34-26-38-74(62-70)122-58-22-10-6-2-1-5-9-21-57-121-73-37-25-33-69(61-73)65-113(89)97/h13-20,25-56,61-64H,1-12,21-24,57-60,65-68H2,(H,105,119)(H,106,120)(H,107,117)(H,108,118). The van der Waals surface area contributed by atoms with E-state index in [-0.39, 0.29) is 22.2 Å². The molecule has 22 rings (SSSR count). The fraction of sp³-hybridized carbons (Fsp3) is 0.231. The van der Waals surface area contributed by atoms with E-state index in [0.717, 1.165) is 170 Å². The van der Waals surface area contributed by atoms with Crippen molar-refractivity contribution in [2.75, 3.05) is 26.4 Å². The van der Waals surface area contributed by atoms with Crippen LogP contribution in [0.15, 0.2) is 286 Å². The lowest BCUT2D eigenvalue weighted by atomic mass is 10.1. The Labute approximate surface area is 713 Å². The van der Waals surface area contributed by atoms with Crippen molar-refractivity contribution in [3.63, 3.8) is 0 Å². The minimum atomic E-state index is -0.324.